The van der Waals surface area contributed by atoms with Gasteiger partial charge in [0.2, 0.25) is 5.88 Å². The quantitative estimate of drug-likeness (QED) is 0.0798. The number of anilines is 2. The van der Waals surface area contributed by atoms with Crippen LogP contribution in [0.4, 0.5) is 11.6 Å². The fourth-order valence-corrected chi connectivity index (χ4v) is 4.64. The zero-order valence-corrected chi connectivity index (χ0v) is 26.6. The Bertz CT molecular complexity index is 1340. The molecule has 13 nitrogen and oxygen atoms in total. The molecule has 0 aliphatic rings. The fraction of sp³-hybridized carbons (Fsp3) is 0.393. The topological polar surface area (TPSA) is 180 Å². The molecule has 1 aromatic carbocycles. The average Bonchev–Trinajstić information content (AvgIpc) is 3.57. The highest BCUT2D eigenvalue weighted by Crippen LogP contribution is 2.34. The number of ether oxygens (including phenoxy) is 1. The van der Waals surface area contributed by atoms with Crippen LogP contribution in [-0.4, -0.2) is 49.4 Å². The Morgan fingerprint density at radius 2 is 1.72 bits per heavy atom. The van der Waals surface area contributed by atoms with Gasteiger partial charge in [-0.1, -0.05) is 29.2 Å². The number of halogens is 1. The number of hydrogen-bond donors (Lipinski definition) is 2. The summed E-state index contributed by atoms with van der Waals surface area (Å²) in [5.41, 5.74) is 4.65. The fourth-order valence-electron chi connectivity index (χ4n) is 3.66. The minimum absolute atomic E-state index is 0.0188. The molecule has 0 saturated carbocycles. The van der Waals surface area contributed by atoms with Gasteiger partial charge >= 0.3 is 5.97 Å². The first kappa shape index (κ1) is 38.7. The van der Waals surface area contributed by atoms with E-state index in [2.05, 4.69) is 20.6 Å². The Labute approximate surface area is 259 Å². The van der Waals surface area contributed by atoms with Gasteiger partial charge < -0.3 is 34.3 Å². The normalized spacial score (nSPS) is 9.56. The summed E-state index contributed by atoms with van der Waals surface area (Å²) in [6.07, 6.45) is 1.86. The maximum Gasteiger partial charge on any atom is 0.311 e. The molecule has 43 heavy (non-hydrogen) atoms. The third kappa shape index (κ3) is 12.6. The van der Waals surface area contributed by atoms with Crippen LogP contribution in [0.3, 0.4) is 0 Å². The number of amides is 1. The summed E-state index contributed by atoms with van der Waals surface area (Å²) in [7, 11) is 1.73. The van der Waals surface area contributed by atoms with Gasteiger partial charge in [0.1, 0.15) is 30.0 Å². The third-order valence-corrected chi connectivity index (χ3v) is 7.12. The van der Waals surface area contributed by atoms with E-state index in [-0.39, 0.29) is 24.9 Å². The number of hydrogen-bond acceptors (Lipinski definition) is 12. The molecule has 0 fully saturated rings. The number of carbonyl (C=O) groups is 4. The average molecular weight is 641 g/mol. The molecule has 15 heteroatoms. The number of esters is 1. The lowest BCUT2D eigenvalue weighted by Gasteiger charge is -2.17. The number of thiophene rings is 1. The number of carbonyl (C=O) groups excluding carboxylic acids is 4. The van der Waals surface area contributed by atoms with E-state index in [0.29, 0.717) is 57.7 Å². The lowest BCUT2D eigenvalue weighted by atomic mass is 10.0. The summed E-state index contributed by atoms with van der Waals surface area (Å²) in [6, 6.07) is 3.77. The first-order valence-electron chi connectivity index (χ1n) is 12.8. The van der Waals surface area contributed by atoms with Gasteiger partial charge in [-0.05, 0) is 75.6 Å². The lowest BCUT2D eigenvalue weighted by Crippen LogP contribution is -2.15. The zero-order valence-electron chi connectivity index (χ0n) is 25.0. The molecule has 3 aromatic rings. The van der Waals surface area contributed by atoms with Crippen LogP contribution >= 0.6 is 22.9 Å². The summed E-state index contributed by atoms with van der Waals surface area (Å²) < 4.78 is 10.3. The molecule has 236 valence electrons. The summed E-state index contributed by atoms with van der Waals surface area (Å²) in [5, 5.41) is 21.0. The molecule has 0 atom stereocenters. The number of unbranched alkanes of at least 4 members (excludes halogenated alkanes) is 2. The first-order valence-corrected chi connectivity index (χ1v) is 14.0. The van der Waals surface area contributed by atoms with Gasteiger partial charge in [0.25, 0.3) is 11.0 Å². The molecular formula is C28H37ClN4O9S. The maximum absolute atomic E-state index is 12.6. The highest BCUT2D eigenvalue weighted by molar-refractivity contribution is 7.12. The zero-order chi connectivity index (χ0) is 33.1. The molecule has 2 N–H and O–H groups in total. The van der Waals surface area contributed by atoms with Crippen molar-refractivity contribution in [1.29, 1.82) is 0 Å². The van der Waals surface area contributed by atoms with E-state index < -0.39 is 5.09 Å². The largest absolute Gasteiger partial charge is 0.426 e. The van der Waals surface area contributed by atoms with Gasteiger partial charge in [-0.15, -0.1) is 21.5 Å². The van der Waals surface area contributed by atoms with Crippen LogP contribution in [-0.2, 0) is 19.2 Å². The molecule has 0 bridgehead atoms. The molecule has 0 radical (unpaired) electrons. The molecule has 1 amide bonds. The van der Waals surface area contributed by atoms with Crippen molar-refractivity contribution in [3.05, 3.63) is 65.5 Å². The van der Waals surface area contributed by atoms with Crippen LogP contribution in [0.25, 0.3) is 0 Å². The van der Waals surface area contributed by atoms with E-state index in [9.17, 15) is 19.7 Å². The predicted molar refractivity (Wildman–Crippen MR) is 165 cm³/mol. The van der Waals surface area contributed by atoms with Crippen LogP contribution in [0.15, 0.2) is 22.0 Å². The number of nitrogens with zero attached hydrogens (tertiary/aromatic N) is 2. The first-order chi connectivity index (χ1) is 20.5. The predicted octanol–water partition coefficient (Wildman–Crippen LogP) is 6.22. The molecule has 2 aromatic heterocycles. The van der Waals surface area contributed by atoms with Crippen molar-refractivity contribution >= 4 is 60.0 Å². The Morgan fingerprint density at radius 3 is 2.21 bits per heavy atom. The van der Waals surface area contributed by atoms with E-state index in [1.165, 1.54) is 11.3 Å². The minimum Gasteiger partial charge on any atom is -0.426 e. The van der Waals surface area contributed by atoms with E-state index >= 15 is 0 Å². The summed E-state index contributed by atoms with van der Waals surface area (Å²) in [6.45, 7) is 13.3. The molecular weight excluding hydrogens is 604 g/mol. The van der Waals surface area contributed by atoms with Crippen molar-refractivity contribution in [2.24, 2.45) is 0 Å². The van der Waals surface area contributed by atoms with Crippen LogP contribution in [0.2, 0.25) is 5.02 Å². The Morgan fingerprint density at radius 1 is 1.07 bits per heavy atom. The van der Waals surface area contributed by atoms with Crippen LogP contribution in [0, 0.1) is 44.7 Å². The standard InChI is InChI=1S/C21H26N2O6S.C5H7ClN2O.2CH2O/c1-13-9-11-30-20(13)21(25)22-18-14(2)12-15(3)19(16(18)4)29-17(24)8-6-5-7-10-28-23(26)27;1-3-4(6)5(7-2)9-8-3;2*1-2/h9,11-12H,5-8,10H2,1-4H3,(H,22,25);7H,1-2H3;2*1H2. The molecule has 2 heterocycles. The van der Waals surface area contributed by atoms with Gasteiger partial charge in [0.15, 0.2) is 0 Å². The maximum atomic E-state index is 12.6. The number of aromatic nitrogens is 1. The van der Waals surface area contributed by atoms with Crippen molar-refractivity contribution in [3.8, 4) is 5.75 Å². The van der Waals surface area contributed by atoms with Gasteiger partial charge in [0, 0.05) is 19.0 Å². The van der Waals surface area contributed by atoms with Crippen molar-refractivity contribution in [3.63, 3.8) is 0 Å². The number of benzene rings is 1. The highest BCUT2D eigenvalue weighted by atomic mass is 35.5. The van der Waals surface area contributed by atoms with Crippen molar-refractivity contribution < 1.29 is 38.4 Å². The monoisotopic (exact) mass is 640 g/mol. The number of rotatable bonds is 11. The smallest absolute Gasteiger partial charge is 0.311 e. The van der Waals surface area contributed by atoms with Gasteiger partial charge in [-0.3, -0.25) is 9.59 Å². The number of aryl methyl sites for hydroxylation is 4. The second-order valence-electron chi connectivity index (χ2n) is 8.73. The van der Waals surface area contributed by atoms with Gasteiger partial charge in [-0.25, -0.2) is 0 Å². The second kappa shape index (κ2) is 20.6. The summed E-state index contributed by atoms with van der Waals surface area (Å²) >= 11 is 7.07. The Hall–Kier alpha value is -4.30. The third-order valence-electron chi connectivity index (χ3n) is 5.66. The highest BCUT2D eigenvalue weighted by Gasteiger charge is 2.19. The van der Waals surface area contributed by atoms with E-state index in [0.717, 1.165) is 16.7 Å². The van der Waals surface area contributed by atoms with Crippen molar-refractivity contribution in [2.75, 3.05) is 24.3 Å². The molecule has 0 aliphatic heterocycles. The molecule has 3 rings (SSSR count). The minimum atomic E-state index is -0.826. The van der Waals surface area contributed by atoms with E-state index in [4.69, 9.17) is 30.4 Å². The SMILES string of the molecule is C=O.C=O.CNc1onc(C)c1Cl.Cc1ccsc1C(=O)Nc1c(C)cc(C)c(OC(=O)CCCCCO[N+](=O)[O-])c1C. The molecule has 0 unspecified atom stereocenters. The van der Waals surface area contributed by atoms with E-state index in [1.807, 2.05) is 58.8 Å². The van der Waals surface area contributed by atoms with Crippen molar-refractivity contribution in [1.82, 2.24) is 5.16 Å². The van der Waals surface area contributed by atoms with Crippen LogP contribution in [0.1, 0.15) is 63.3 Å². The van der Waals surface area contributed by atoms with Crippen LogP contribution in [0.5, 0.6) is 5.75 Å². The van der Waals surface area contributed by atoms with Crippen LogP contribution < -0.4 is 15.4 Å². The summed E-state index contributed by atoms with van der Waals surface area (Å²) in [5.74, 6) is 0.396. The van der Waals surface area contributed by atoms with Gasteiger partial charge in [-0.2, -0.15) is 0 Å². The lowest BCUT2D eigenvalue weighted by molar-refractivity contribution is -0.757. The summed E-state index contributed by atoms with van der Waals surface area (Å²) in [4.78, 5) is 55.9. The van der Waals surface area contributed by atoms with E-state index in [1.54, 1.807) is 14.0 Å². The molecule has 0 spiro atoms. The van der Waals surface area contributed by atoms with Crippen molar-refractivity contribution in [2.45, 2.75) is 60.3 Å². The molecule has 0 saturated heterocycles. The molecule has 0 aliphatic carbocycles. The Balaban J connectivity index is 0.00000113. The van der Waals surface area contributed by atoms with Gasteiger partial charge in [0.05, 0.1) is 17.2 Å². The Kier molecular flexibility index (Phi) is 18.5. The number of nitrogens with one attached hydrogen (secondary N) is 2. The second-order valence-corrected chi connectivity index (χ2v) is 10.0.